The zero-order chi connectivity index (χ0) is 21.3. The molecule has 0 spiro atoms. The van der Waals surface area contributed by atoms with Crippen molar-refractivity contribution in [3.8, 4) is 17.0 Å². The molecule has 0 radical (unpaired) electrons. The first-order valence-corrected chi connectivity index (χ1v) is 10.3. The van der Waals surface area contributed by atoms with Gasteiger partial charge >= 0.3 is 0 Å². The number of hydrogen-bond acceptors (Lipinski definition) is 4. The van der Waals surface area contributed by atoms with Gasteiger partial charge in [-0.1, -0.05) is 25.5 Å². The molecule has 6 heteroatoms. The molecule has 0 unspecified atom stereocenters. The lowest BCUT2D eigenvalue weighted by Crippen LogP contribution is -2.27. The molecule has 0 saturated carbocycles. The summed E-state index contributed by atoms with van der Waals surface area (Å²) in [6.07, 6.45) is 4.74. The highest BCUT2D eigenvalue weighted by Crippen LogP contribution is 2.19. The third-order valence-electron chi connectivity index (χ3n) is 4.71. The van der Waals surface area contributed by atoms with Crippen LogP contribution in [0.4, 0.5) is 5.69 Å². The predicted molar refractivity (Wildman–Crippen MR) is 119 cm³/mol. The molecular formula is C24H27N3O3. The van der Waals surface area contributed by atoms with Gasteiger partial charge in [0.25, 0.3) is 5.56 Å². The van der Waals surface area contributed by atoms with Gasteiger partial charge in [0.1, 0.15) is 12.3 Å². The smallest absolute Gasteiger partial charge is 0.254 e. The van der Waals surface area contributed by atoms with Crippen molar-refractivity contribution < 1.29 is 9.53 Å². The SMILES string of the molecule is CCCCc1ccc(NC(=O)Cn2cnc(-c3ccc(OCC)cc3)cc2=O)cc1. The number of nitrogens with one attached hydrogen (secondary N) is 1. The number of hydrogen-bond donors (Lipinski definition) is 1. The van der Waals surface area contributed by atoms with Crippen LogP contribution in [0.5, 0.6) is 5.75 Å². The molecule has 0 aliphatic carbocycles. The molecule has 1 heterocycles. The molecule has 3 aromatic rings. The highest BCUT2D eigenvalue weighted by molar-refractivity contribution is 5.90. The Hall–Kier alpha value is -3.41. The van der Waals surface area contributed by atoms with Crippen molar-refractivity contribution in [3.63, 3.8) is 0 Å². The highest BCUT2D eigenvalue weighted by atomic mass is 16.5. The highest BCUT2D eigenvalue weighted by Gasteiger charge is 2.08. The van der Waals surface area contributed by atoms with E-state index in [4.69, 9.17) is 4.74 Å². The maximum atomic E-state index is 12.4. The second-order valence-corrected chi connectivity index (χ2v) is 7.05. The van der Waals surface area contributed by atoms with Gasteiger partial charge < -0.3 is 10.1 Å². The molecule has 3 rings (SSSR count). The average molecular weight is 405 g/mol. The van der Waals surface area contributed by atoms with Crippen LogP contribution >= 0.6 is 0 Å². The van der Waals surface area contributed by atoms with Crippen molar-refractivity contribution in [3.05, 3.63) is 76.8 Å². The third-order valence-corrected chi connectivity index (χ3v) is 4.71. The topological polar surface area (TPSA) is 73.2 Å². The summed E-state index contributed by atoms with van der Waals surface area (Å²) in [6, 6.07) is 16.6. The molecule has 0 aliphatic heterocycles. The summed E-state index contributed by atoms with van der Waals surface area (Å²) in [5.74, 6) is 0.499. The number of unbranched alkanes of at least 4 members (excludes halogenated alkanes) is 1. The number of aromatic nitrogens is 2. The first kappa shape index (κ1) is 21.3. The van der Waals surface area contributed by atoms with Gasteiger partial charge in [0, 0.05) is 17.3 Å². The molecule has 0 fully saturated rings. The Balaban J connectivity index is 1.62. The van der Waals surface area contributed by atoms with Gasteiger partial charge in [-0.25, -0.2) is 4.98 Å². The quantitative estimate of drug-likeness (QED) is 0.576. The summed E-state index contributed by atoms with van der Waals surface area (Å²) in [4.78, 5) is 29.1. The minimum atomic E-state index is -0.279. The number of nitrogens with zero attached hydrogens (tertiary/aromatic N) is 2. The van der Waals surface area contributed by atoms with Crippen molar-refractivity contribution in [1.29, 1.82) is 0 Å². The fourth-order valence-electron chi connectivity index (χ4n) is 3.08. The van der Waals surface area contributed by atoms with Gasteiger partial charge in [-0.3, -0.25) is 14.2 Å². The van der Waals surface area contributed by atoms with Crippen LogP contribution in [0.2, 0.25) is 0 Å². The summed E-state index contributed by atoms with van der Waals surface area (Å²) in [5, 5.41) is 2.83. The Labute approximate surface area is 176 Å². The fraction of sp³-hybridized carbons (Fsp3) is 0.292. The van der Waals surface area contributed by atoms with Crippen LogP contribution in [0.15, 0.2) is 65.7 Å². The van der Waals surface area contributed by atoms with E-state index in [1.807, 2.05) is 55.5 Å². The number of aryl methyl sites for hydroxylation is 1. The van der Waals surface area contributed by atoms with E-state index in [9.17, 15) is 9.59 Å². The fourth-order valence-corrected chi connectivity index (χ4v) is 3.08. The number of rotatable bonds is 9. The molecule has 6 nitrogen and oxygen atoms in total. The van der Waals surface area contributed by atoms with Crippen LogP contribution in [-0.4, -0.2) is 22.1 Å². The zero-order valence-electron chi connectivity index (χ0n) is 17.4. The van der Waals surface area contributed by atoms with Gasteiger partial charge in [-0.15, -0.1) is 0 Å². The number of amides is 1. The molecule has 30 heavy (non-hydrogen) atoms. The maximum Gasteiger partial charge on any atom is 0.254 e. The van der Waals surface area contributed by atoms with Crippen molar-refractivity contribution in [1.82, 2.24) is 9.55 Å². The molecular weight excluding hydrogens is 378 g/mol. The van der Waals surface area contributed by atoms with Crippen molar-refractivity contribution in [2.75, 3.05) is 11.9 Å². The van der Waals surface area contributed by atoms with Crippen LogP contribution in [0.3, 0.4) is 0 Å². The van der Waals surface area contributed by atoms with Gasteiger partial charge in [-0.2, -0.15) is 0 Å². The van der Waals surface area contributed by atoms with Crippen molar-refractivity contribution >= 4 is 11.6 Å². The second-order valence-electron chi connectivity index (χ2n) is 7.05. The third kappa shape index (κ3) is 5.80. The van der Waals surface area contributed by atoms with Gasteiger partial charge in [0.15, 0.2) is 0 Å². The number of anilines is 1. The van der Waals surface area contributed by atoms with Crippen molar-refractivity contribution in [2.24, 2.45) is 0 Å². The molecule has 1 N–H and O–H groups in total. The minimum Gasteiger partial charge on any atom is -0.494 e. The second kappa shape index (κ2) is 10.4. The summed E-state index contributed by atoms with van der Waals surface area (Å²) in [7, 11) is 0. The monoisotopic (exact) mass is 405 g/mol. The normalized spacial score (nSPS) is 10.6. The van der Waals surface area contributed by atoms with E-state index in [1.54, 1.807) is 0 Å². The van der Waals surface area contributed by atoms with E-state index >= 15 is 0 Å². The minimum absolute atomic E-state index is 0.0903. The summed E-state index contributed by atoms with van der Waals surface area (Å²) in [5.41, 5.74) is 3.06. The predicted octanol–water partition coefficient (Wildman–Crippen LogP) is 4.29. The zero-order valence-corrected chi connectivity index (χ0v) is 17.4. The van der Waals surface area contributed by atoms with Gasteiger partial charge in [0.05, 0.1) is 18.6 Å². The van der Waals surface area contributed by atoms with Gasteiger partial charge in [0.2, 0.25) is 5.91 Å². The molecule has 2 aromatic carbocycles. The van der Waals surface area contributed by atoms with Crippen LogP contribution < -0.4 is 15.6 Å². The Morgan fingerprint density at radius 3 is 2.43 bits per heavy atom. The molecule has 1 amide bonds. The largest absolute Gasteiger partial charge is 0.494 e. The number of carbonyl (C=O) groups is 1. The van der Waals surface area contributed by atoms with E-state index in [0.29, 0.717) is 18.0 Å². The first-order chi connectivity index (χ1) is 14.6. The maximum absolute atomic E-state index is 12.4. The standard InChI is InChI=1S/C24H27N3O3/c1-3-5-6-18-7-11-20(12-8-18)26-23(28)16-27-17-25-22(15-24(27)29)19-9-13-21(14-10-19)30-4-2/h7-15,17H,3-6,16H2,1-2H3,(H,26,28). The summed E-state index contributed by atoms with van der Waals surface area (Å²) in [6.45, 7) is 4.59. The molecule has 0 saturated heterocycles. The van der Waals surface area contributed by atoms with Crippen LogP contribution in [0.25, 0.3) is 11.3 Å². The van der Waals surface area contributed by atoms with E-state index in [-0.39, 0.29) is 18.0 Å². The lowest BCUT2D eigenvalue weighted by molar-refractivity contribution is -0.116. The van der Waals surface area contributed by atoms with Gasteiger partial charge in [-0.05, 0) is 61.7 Å². The molecule has 1 aromatic heterocycles. The Morgan fingerprint density at radius 2 is 1.80 bits per heavy atom. The lowest BCUT2D eigenvalue weighted by Gasteiger charge is -2.09. The van der Waals surface area contributed by atoms with E-state index in [2.05, 4.69) is 17.2 Å². The lowest BCUT2D eigenvalue weighted by atomic mass is 10.1. The van der Waals surface area contributed by atoms with Crippen LogP contribution in [-0.2, 0) is 17.8 Å². The summed E-state index contributed by atoms with van der Waals surface area (Å²) >= 11 is 0. The number of benzene rings is 2. The molecule has 156 valence electrons. The molecule has 0 aliphatic rings. The molecule has 0 atom stereocenters. The molecule has 0 bridgehead atoms. The van der Waals surface area contributed by atoms with E-state index in [1.165, 1.54) is 22.5 Å². The summed E-state index contributed by atoms with van der Waals surface area (Å²) < 4.78 is 6.72. The van der Waals surface area contributed by atoms with E-state index < -0.39 is 0 Å². The van der Waals surface area contributed by atoms with Crippen LogP contribution in [0.1, 0.15) is 32.3 Å². The number of ether oxygens (including phenoxy) is 1. The Bertz CT molecular complexity index is 1020. The average Bonchev–Trinajstić information content (AvgIpc) is 2.75. The van der Waals surface area contributed by atoms with Crippen molar-refractivity contribution in [2.45, 2.75) is 39.7 Å². The Morgan fingerprint density at radius 1 is 1.07 bits per heavy atom. The number of carbonyl (C=O) groups excluding carboxylic acids is 1. The first-order valence-electron chi connectivity index (χ1n) is 10.3. The Kier molecular flexibility index (Phi) is 7.38. The van der Waals surface area contributed by atoms with E-state index in [0.717, 1.165) is 30.6 Å². The van der Waals surface area contributed by atoms with Crippen LogP contribution in [0, 0.1) is 0 Å².